The third kappa shape index (κ3) is 5.29. The van der Waals surface area contributed by atoms with Gasteiger partial charge in [0.15, 0.2) is 6.61 Å². The van der Waals surface area contributed by atoms with E-state index in [-0.39, 0.29) is 28.9 Å². The fourth-order valence-corrected chi connectivity index (χ4v) is 2.94. The number of ether oxygens (including phenoxy) is 2. The first kappa shape index (κ1) is 20.3. The monoisotopic (exact) mass is 399 g/mol. The average Bonchev–Trinajstić information content (AvgIpc) is 2.72. The third-order valence-corrected chi connectivity index (χ3v) is 4.40. The zero-order valence-electron chi connectivity index (χ0n) is 15.9. The molecular formula is C20H21N3O6. The minimum Gasteiger partial charge on any atom is -0.452 e. The van der Waals surface area contributed by atoms with Crippen LogP contribution >= 0.6 is 0 Å². The Morgan fingerprint density at radius 2 is 2.03 bits per heavy atom. The zero-order valence-corrected chi connectivity index (χ0v) is 15.9. The largest absolute Gasteiger partial charge is 0.452 e. The number of morpholine rings is 1. The fraction of sp³-hybridized carbons (Fsp3) is 0.300. The molecule has 1 heterocycles. The molecule has 1 unspecified atom stereocenters. The van der Waals surface area contributed by atoms with Gasteiger partial charge in [-0.3, -0.25) is 14.9 Å². The molecule has 0 spiro atoms. The van der Waals surface area contributed by atoms with Crippen LogP contribution in [-0.2, 0) is 14.3 Å². The molecule has 29 heavy (non-hydrogen) atoms. The highest BCUT2D eigenvalue weighted by atomic mass is 16.6. The Balaban J connectivity index is 1.66. The molecule has 1 fully saturated rings. The standard InChI is InChI=1S/C20H21N3O6/c1-14-12-22(9-10-28-14)19(24)13-29-20(25)15-7-8-17(18(11-15)23(26)27)21-16-5-3-2-4-6-16/h2-8,11,14,21H,9-10,12-13H2,1H3. The van der Waals surface area contributed by atoms with Crippen LogP contribution in [-0.4, -0.2) is 54.1 Å². The molecule has 1 atom stereocenters. The van der Waals surface area contributed by atoms with Gasteiger partial charge in [0, 0.05) is 24.8 Å². The zero-order chi connectivity index (χ0) is 20.8. The van der Waals surface area contributed by atoms with Crippen LogP contribution in [0.3, 0.4) is 0 Å². The van der Waals surface area contributed by atoms with E-state index < -0.39 is 17.5 Å². The highest BCUT2D eigenvalue weighted by Gasteiger charge is 2.23. The molecule has 9 nitrogen and oxygen atoms in total. The van der Waals surface area contributed by atoms with Gasteiger partial charge in [-0.1, -0.05) is 18.2 Å². The first-order valence-electron chi connectivity index (χ1n) is 9.11. The molecule has 3 rings (SSSR count). The summed E-state index contributed by atoms with van der Waals surface area (Å²) in [5, 5.41) is 14.4. The second-order valence-electron chi connectivity index (χ2n) is 6.58. The normalized spacial score (nSPS) is 16.2. The molecule has 2 aromatic carbocycles. The second-order valence-corrected chi connectivity index (χ2v) is 6.58. The first-order valence-corrected chi connectivity index (χ1v) is 9.11. The number of nitrogens with one attached hydrogen (secondary N) is 1. The molecule has 0 saturated carbocycles. The molecule has 152 valence electrons. The minimum absolute atomic E-state index is 0.00143. The predicted octanol–water partition coefficient (Wildman–Crippen LogP) is 2.74. The summed E-state index contributed by atoms with van der Waals surface area (Å²) in [6.07, 6.45) is -0.0734. The van der Waals surface area contributed by atoms with Gasteiger partial charge >= 0.3 is 5.97 Å². The lowest BCUT2D eigenvalue weighted by Crippen LogP contribution is -2.46. The Morgan fingerprint density at radius 3 is 2.72 bits per heavy atom. The van der Waals surface area contributed by atoms with Crippen molar-refractivity contribution in [2.45, 2.75) is 13.0 Å². The number of hydrogen-bond donors (Lipinski definition) is 1. The quantitative estimate of drug-likeness (QED) is 0.452. The predicted molar refractivity (Wildman–Crippen MR) is 105 cm³/mol. The van der Waals surface area contributed by atoms with Crippen molar-refractivity contribution in [3.8, 4) is 0 Å². The van der Waals surface area contributed by atoms with Gasteiger partial charge < -0.3 is 19.7 Å². The van der Waals surface area contributed by atoms with E-state index in [2.05, 4.69) is 5.32 Å². The third-order valence-electron chi connectivity index (χ3n) is 4.40. The fourth-order valence-electron chi connectivity index (χ4n) is 2.94. The number of esters is 1. The lowest BCUT2D eigenvalue weighted by molar-refractivity contribution is -0.383. The van der Waals surface area contributed by atoms with Crippen LogP contribution in [0.4, 0.5) is 17.1 Å². The van der Waals surface area contributed by atoms with Crippen LogP contribution in [0, 0.1) is 10.1 Å². The molecule has 1 aliphatic heterocycles. The SMILES string of the molecule is CC1CN(C(=O)COC(=O)c2ccc(Nc3ccccc3)c([N+](=O)[O-])c2)CCO1. The maximum atomic E-state index is 12.3. The molecule has 1 N–H and O–H groups in total. The number of nitro benzene ring substituents is 1. The van der Waals surface area contributed by atoms with Gasteiger partial charge in [0.05, 0.1) is 23.2 Å². The van der Waals surface area contributed by atoms with E-state index in [1.54, 1.807) is 29.2 Å². The molecule has 2 aromatic rings. The molecule has 1 aliphatic rings. The Labute approximate surface area is 167 Å². The van der Waals surface area contributed by atoms with Crippen molar-refractivity contribution in [1.29, 1.82) is 0 Å². The molecule has 0 aliphatic carbocycles. The molecule has 9 heteroatoms. The number of para-hydroxylation sites is 1. The van der Waals surface area contributed by atoms with Crippen LogP contribution in [0.15, 0.2) is 48.5 Å². The number of carbonyl (C=O) groups is 2. The van der Waals surface area contributed by atoms with E-state index in [0.717, 1.165) is 6.07 Å². The van der Waals surface area contributed by atoms with Crippen molar-refractivity contribution in [3.05, 3.63) is 64.2 Å². The summed E-state index contributed by atoms with van der Waals surface area (Å²) in [5.74, 6) is -1.13. The maximum absolute atomic E-state index is 12.3. The van der Waals surface area contributed by atoms with Gasteiger partial charge in [-0.2, -0.15) is 0 Å². The average molecular weight is 399 g/mol. The van der Waals surface area contributed by atoms with Gasteiger partial charge in [-0.15, -0.1) is 0 Å². The Kier molecular flexibility index (Phi) is 6.40. The summed E-state index contributed by atoms with van der Waals surface area (Å²) in [4.78, 5) is 36.9. The topological polar surface area (TPSA) is 111 Å². The van der Waals surface area contributed by atoms with Crippen LogP contribution in [0.25, 0.3) is 0 Å². The Morgan fingerprint density at radius 1 is 1.28 bits per heavy atom. The Bertz CT molecular complexity index is 902. The van der Waals surface area contributed by atoms with Crippen molar-refractivity contribution < 1.29 is 24.0 Å². The highest BCUT2D eigenvalue weighted by molar-refractivity contribution is 5.93. The van der Waals surface area contributed by atoms with Gasteiger partial charge in [-0.25, -0.2) is 4.79 Å². The van der Waals surface area contributed by atoms with E-state index in [4.69, 9.17) is 9.47 Å². The van der Waals surface area contributed by atoms with Crippen LogP contribution < -0.4 is 5.32 Å². The Hall–Kier alpha value is -3.46. The summed E-state index contributed by atoms with van der Waals surface area (Å²) >= 11 is 0. The number of hydrogen-bond acceptors (Lipinski definition) is 7. The van der Waals surface area contributed by atoms with Crippen molar-refractivity contribution in [1.82, 2.24) is 4.90 Å². The smallest absolute Gasteiger partial charge is 0.338 e. The van der Waals surface area contributed by atoms with E-state index >= 15 is 0 Å². The number of nitro groups is 1. The molecule has 0 aromatic heterocycles. The molecular weight excluding hydrogens is 378 g/mol. The van der Waals surface area contributed by atoms with Crippen molar-refractivity contribution in [3.63, 3.8) is 0 Å². The summed E-state index contributed by atoms with van der Waals surface area (Å²) < 4.78 is 10.4. The van der Waals surface area contributed by atoms with Crippen molar-refractivity contribution >= 4 is 28.9 Å². The van der Waals surface area contributed by atoms with E-state index in [9.17, 15) is 19.7 Å². The molecule has 1 amide bonds. The van der Waals surface area contributed by atoms with Gasteiger partial charge in [0.1, 0.15) is 5.69 Å². The van der Waals surface area contributed by atoms with Gasteiger partial charge in [-0.05, 0) is 31.2 Å². The number of anilines is 2. The van der Waals surface area contributed by atoms with Crippen LogP contribution in [0.5, 0.6) is 0 Å². The van der Waals surface area contributed by atoms with E-state index in [1.807, 2.05) is 13.0 Å². The lowest BCUT2D eigenvalue weighted by atomic mass is 10.1. The van der Waals surface area contributed by atoms with Crippen molar-refractivity contribution in [2.24, 2.45) is 0 Å². The summed E-state index contributed by atoms with van der Waals surface area (Å²) in [5.41, 5.74) is 0.655. The van der Waals surface area contributed by atoms with Crippen LogP contribution in [0.1, 0.15) is 17.3 Å². The molecule has 0 radical (unpaired) electrons. The number of amides is 1. The molecule has 1 saturated heterocycles. The van der Waals surface area contributed by atoms with E-state index in [1.165, 1.54) is 12.1 Å². The van der Waals surface area contributed by atoms with Gasteiger partial charge in [0.2, 0.25) is 0 Å². The second kappa shape index (κ2) is 9.16. The number of rotatable bonds is 6. The minimum atomic E-state index is -0.797. The van der Waals surface area contributed by atoms with E-state index in [0.29, 0.717) is 25.4 Å². The first-order chi connectivity index (χ1) is 13.9. The summed E-state index contributed by atoms with van der Waals surface area (Å²) in [7, 11) is 0. The highest BCUT2D eigenvalue weighted by Crippen LogP contribution is 2.29. The van der Waals surface area contributed by atoms with Crippen molar-refractivity contribution in [2.75, 3.05) is 31.6 Å². The maximum Gasteiger partial charge on any atom is 0.338 e. The lowest BCUT2D eigenvalue weighted by Gasteiger charge is -2.30. The number of benzene rings is 2. The van der Waals surface area contributed by atoms with Gasteiger partial charge in [0.25, 0.3) is 11.6 Å². The summed E-state index contributed by atoms with van der Waals surface area (Å²) in [6.45, 7) is 2.73. The molecule has 0 bridgehead atoms. The summed E-state index contributed by atoms with van der Waals surface area (Å²) in [6, 6.07) is 13.0. The number of carbonyl (C=O) groups excluding carboxylic acids is 2. The number of nitrogens with zero attached hydrogens (tertiary/aromatic N) is 2. The van der Waals surface area contributed by atoms with Crippen LogP contribution in [0.2, 0.25) is 0 Å².